The lowest BCUT2D eigenvalue weighted by molar-refractivity contribution is -0.127. The van der Waals surface area contributed by atoms with Crippen LogP contribution in [0.2, 0.25) is 0 Å². The normalized spacial score (nSPS) is 32.3. The van der Waals surface area contributed by atoms with Gasteiger partial charge in [-0.2, -0.15) is 4.31 Å². The lowest BCUT2D eigenvalue weighted by atomic mass is 9.77. The van der Waals surface area contributed by atoms with Crippen LogP contribution in [0.3, 0.4) is 0 Å². The molecule has 33 heavy (non-hydrogen) atoms. The molecule has 3 bridgehead atoms. The van der Waals surface area contributed by atoms with Crippen molar-refractivity contribution in [3.8, 4) is 0 Å². The maximum atomic E-state index is 13.1. The molecule has 1 aliphatic heterocycles. The zero-order valence-electron chi connectivity index (χ0n) is 19.3. The first kappa shape index (κ1) is 22.8. The van der Waals surface area contributed by atoms with Crippen LogP contribution in [0.15, 0.2) is 29.2 Å². The van der Waals surface area contributed by atoms with Crippen LogP contribution >= 0.6 is 0 Å². The van der Waals surface area contributed by atoms with Crippen molar-refractivity contribution >= 4 is 27.5 Å². The zero-order valence-corrected chi connectivity index (χ0v) is 20.1. The smallest absolute Gasteiger partial charge is 0.243 e. The number of rotatable bonds is 5. The van der Waals surface area contributed by atoms with Crippen molar-refractivity contribution in [2.75, 3.05) is 18.4 Å². The molecule has 0 radical (unpaired) electrons. The molecule has 7 nitrogen and oxygen atoms in total. The molecule has 0 aromatic heterocycles. The largest absolute Gasteiger partial charge is 0.353 e. The van der Waals surface area contributed by atoms with Gasteiger partial charge in [0.1, 0.15) is 0 Å². The molecule has 8 heteroatoms. The predicted octanol–water partition coefficient (Wildman–Crippen LogP) is 3.38. The number of fused-ring (bicyclic) bond motifs is 2. The van der Waals surface area contributed by atoms with Gasteiger partial charge in [0.05, 0.1) is 4.90 Å². The van der Waals surface area contributed by atoms with Gasteiger partial charge in [-0.05, 0) is 99.3 Å². The first-order valence-corrected chi connectivity index (χ1v) is 13.9. The first-order valence-electron chi connectivity index (χ1n) is 12.5. The Morgan fingerprint density at radius 3 is 2.24 bits per heavy atom. The van der Waals surface area contributed by atoms with E-state index in [2.05, 4.69) is 10.6 Å². The average Bonchev–Trinajstić information content (AvgIpc) is 3.02. The fourth-order valence-electron chi connectivity index (χ4n) is 6.95. The quantitative estimate of drug-likeness (QED) is 0.685. The lowest BCUT2D eigenvalue weighted by Gasteiger charge is -2.35. The number of amides is 2. The van der Waals surface area contributed by atoms with Crippen LogP contribution in [0.5, 0.6) is 0 Å². The van der Waals surface area contributed by atoms with E-state index in [0.717, 1.165) is 24.2 Å². The van der Waals surface area contributed by atoms with Crippen molar-refractivity contribution in [2.24, 2.45) is 29.6 Å². The number of sulfonamides is 1. The number of carbonyl (C=O) groups is 2. The second kappa shape index (κ2) is 9.02. The number of piperidine rings is 1. The average molecular weight is 474 g/mol. The topological polar surface area (TPSA) is 95.6 Å². The number of anilines is 1. The summed E-state index contributed by atoms with van der Waals surface area (Å²) in [6.45, 7) is 2.12. The highest BCUT2D eigenvalue weighted by molar-refractivity contribution is 7.89. The number of carbonyl (C=O) groups excluding carboxylic acids is 2. The second-order valence-electron chi connectivity index (χ2n) is 10.7. The van der Waals surface area contributed by atoms with Crippen LogP contribution in [0, 0.1) is 29.6 Å². The van der Waals surface area contributed by atoms with Gasteiger partial charge >= 0.3 is 0 Å². The molecule has 5 rings (SSSR count). The van der Waals surface area contributed by atoms with Crippen LogP contribution in [0.4, 0.5) is 5.69 Å². The van der Waals surface area contributed by atoms with Gasteiger partial charge in [-0.3, -0.25) is 9.59 Å². The van der Waals surface area contributed by atoms with E-state index < -0.39 is 10.0 Å². The SMILES string of the molecule is CC(=O)Nc1ccc(S(=O)(=O)N2CCC(C(=O)NC3CCC4CC5CC4CC3C5)CC2)cc1. The summed E-state index contributed by atoms with van der Waals surface area (Å²) in [4.78, 5) is 24.5. The van der Waals surface area contributed by atoms with Gasteiger partial charge in [0.2, 0.25) is 21.8 Å². The Morgan fingerprint density at radius 2 is 1.55 bits per heavy atom. The minimum absolute atomic E-state index is 0.115. The summed E-state index contributed by atoms with van der Waals surface area (Å²) in [5.41, 5.74) is 0.567. The molecule has 0 spiro atoms. The van der Waals surface area contributed by atoms with E-state index in [1.54, 1.807) is 12.1 Å². The van der Waals surface area contributed by atoms with Gasteiger partial charge < -0.3 is 10.6 Å². The van der Waals surface area contributed by atoms with E-state index in [1.165, 1.54) is 55.5 Å². The van der Waals surface area contributed by atoms with E-state index in [-0.39, 0.29) is 22.6 Å². The highest BCUT2D eigenvalue weighted by Gasteiger charge is 2.46. The van der Waals surface area contributed by atoms with Crippen molar-refractivity contribution in [3.63, 3.8) is 0 Å². The Balaban J connectivity index is 1.16. The first-order chi connectivity index (χ1) is 15.8. The molecule has 180 valence electrons. The molecular formula is C25H35N3O4S. The fourth-order valence-corrected chi connectivity index (χ4v) is 8.42. The number of hydrogen-bond acceptors (Lipinski definition) is 4. The third-order valence-electron chi connectivity index (χ3n) is 8.56. The zero-order chi connectivity index (χ0) is 23.2. The highest BCUT2D eigenvalue weighted by Crippen LogP contribution is 2.53. The van der Waals surface area contributed by atoms with Crippen molar-refractivity contribution in [1.29, 1.82) is 0 Å². The van der Waals surface area contributed by atoms with Gasteiger partial charge in [-0.1, -0.05) is 0 Å². The van der Waals surface area contributed by atoms with Crippen LogP contribution in [0.25, 0.3) is 0 Å². The predicted molar refractivity (Wildman–Crippen MR) is 126 cm³/mol. The summed E-state index contributed by atoms with van der Waals surface area (Å²) in [6, 6.07) is 6.54. The molecule has 4 aliphatic rings. The van der Waals surface area contributed by atoms with Crippen molar-refractivity contribution in [3.05, 3.63) is 24.3 Å². The molecule has 5 unspecified atom stereocenters. The molecule has 3 aliphatic carbocycles. The molecule has 1 saturated heterocycles. The highest BCUT2D eigenvalue weighted by atomic mass is 32.2. The maximum Gasteiger partial charge on any atom is 0.243 e. The Labute approximate surface area is 196 Å². The number of benzene rings is 1. The van der Waals surface area contributed by atoms with Gasteiger partial charge in [-0.15, -0.1) is 0 Å². The number of hydrogen-bond donors (Lipinski definition) is 2. The monoisotopic (exact) mass is 473 g/mol. The molecule has 1 heterocycles. The minimum atomic E-state index is -3.61. The summed E-state index contributed by atoms with van der Waals surface area (Å²) >= 11 is 0. The second-order valence-corrected chi connectivity index (χ2v) is 12.6. The summed E-state index contributed by atoms with van der Waals surface area (Å²) < 4.78 is 27.6. The van der Waals surface area contributed by atoms with Crippen LogP contribution in [-0.2, 0) is 19.6 Å². The minimum Gasteiger partial charge on any atom is -0.353 e. The van der Waals surface area contributed by atoms with Gasteiger partial charge in [0, 0.05) is 37.7 Å². The Morgan fingerprint density at radius 1 is 0.879 bits per heavy atom. The molecule has 2 N–H and O–H groups in total. The standard InChI is InChI=1S/C25H35N3O4S/c1-16(29)26-22-3-5-23(6-4-22)33(31,32)28-10-8-18(9-11-28)25(30)27-24-7-2-19-12-17-13-20(19)15-21(24)14-17/h3-6,17-21,24H,2,7-15H2,1H3,(H,26,29)(H,27,30). The summed E-state index contributed by atoms with van der Waals surface area (Å²) in [5.74, 6) is 3.07. The van der Waals surface area contributed by atoms with Crippen molar-refractivity contribution in [2.45, 2.75) is 69.2 Å². The summed E-state index contributed by atoms with van der Waals surface area (Å²) in [5, 5.41) is 6.04. The Kier molecular flexibility index (Phi) is 6.25. The summed E-state index contributed by atoms with van der Waals surface area (Å²) in [7, 11) is -3.61. The van der Waals surface area contributed by atoms with Crippen molar-refractivity contribution in [1.82, 2.24) is 9.62 Å². The van der Waals surface area contributed by atoms with Crippen molar-refractivity contribution < 1.29 is 18.0 Å². The van der Waals surface area contributed by atoms with Crippen LogP contribution in [0.1, 0.15) is 58.3 Å². The molecule has 1 aromatic carbocycles. The summed E-state index contributed by atoms with van der Waals surface area (Å²) in [6.07, 6.45) is 8.83. The third-order valence-corrected chi connectivity index (χ3v) is 10.5. The van der Waals surface area contributed by atoms with Gasteiger partial charge in [0.15, 0.2) is 0 Å². The van der Waals surface area contributed by atoms with E-state index in [4.69, 9.17) is 0 Å². The van der Waals surface area contributed by atoms with Gasteiger partial charge in [0.25, 0.3) is 0 Å². The van der Waals surface area contributed by atoms with E-state index in [1.807, 2.05) is 0 Å². The van der Waals surface area contributed by atoms with E-state index in [0.29, 0.717) is 43.6 Å². The maximum absolute atomic E-state index is 13.1. The molecule has 4 fully saturated rings. The van der Waals surface area contributed by atoms with E-state index in [9.17, 15) is 18.0 Å². The Bertz CT molecular complexity index is 1000. The molecular weight excluding hydrogens is 438 g/mol. The number of nitrogens with zero attached hydrogens (tertiary/aromatic N) is 1. The van der Waals surface area contributed by atoms with Gasteiger partial charge in [-0.25, -0.2) is 8.42 Å². The van der Waals surface area contributed by atoms with E-state index >= 15 is 0 Å². The van der Waals surface area contributed by atoms with Crippen LogP contribution in [-0.4, -0.2) is 43.7 Å². The molecule has 1 aromatic rings. The molecule has 5 atom stereocenters. The number of nitrogens with one attached hydrogen (secondary N) is 2. The lowest BCUT2D eigenvalue weighted by Crippen LogP contribution is -2.47. The van der Waals surface area contributed by atoms with Crippen LogP contribution < -0.4 is 10.6 Å². The molecule has 2 amide bonds. The fraction of sp³-hybridized carbons (Fsp3) is 0.680. The Hall–Kier alpha value is -1.93. The molecule has 3 saturated carbocycles. The third kappa shape index (κ3) is 4.69.